The number of Topliss-reactive ketones (excluding diaryl/α,β-unsaturated/α-hetero) is 1. The Morgan fingerprint density at radius 1 is 0.291 bits per heavy atom. The third kappa shape index (κ3) is 44.1. The Balaban J connectivity index is 3.42. The molecule has 0 aliphatic rings. The number of aliphatic carboxylic acids is 1. The predicted octanol–water partition coefficient (Wildman–Crippen LogP) is 18.6. The molecule has 0 aromatic heterocycles. The number of carbonyl (C=O) groups is 2. The summed E-state index contributed by atoms with van der Waals surface area (Å²) < 4.78 is 0. The highest BCUT2D eigenvalue weighted by molar-refractivity contribution is 5.98. The van der Waals surface area contributed by atoms with Gasteiger partial charge in [-0.25, -0.2) is 0 Å². The number of carboxylic acids is 1. The zero-order chi connectivity index (χ0) is 40.0. The molecule has 0 fully saturated rings. The standard InChI is InChI=1S/C52H102O3/c1-3-5-7-9-11-13-15-17-19-21-23-25-27-29-31-33-35-37-39-41-43-45-47-49-51(53)50(52(54)55)48-46-44-42-40-38-36-34-32-30-28-26-24-22-20-18-16-14-12-10-8-6-4-2/h50H,3-49H2,1-2H3,(H,54,55). The molecular formula is C52H102O3. The molecule has 0 saturated heterocycles. The highest BCUT2D eigenvalue weighted by Crippen LogP contribution is 2.20. The van der Waals surface area contributed by atoms with Gasteiger partial charge in [0.2, 0.25) is 0 Å². The number of rotatable bonds is 49. The number of unbranched alkanes of at least 4 members (excludes halogenated alkanes) is 43. The molecule has 3 heteroatoms. The Morgan fingerprint density at radius 3 is 0.673 bits per heavy atom. The first-order valence-corrected chi connectivity index (χ1v) is 25.9. The molecule has 1 atom stereocenters. The number of carboxylic acid groups (broad SMARTS) is 1. The summed E-state index contributed by atoms with van der Waals surface area (Å²) in [6, 6.07) is 0. The van der Waals surface area contributed by atoms with Crippen molar-refractivity contribution in [2.24, 2.45) is 5.92 Å². The van der Waals surface area contributed by atoms with Gasteiger partial charge in [-0.2, -0.15) is 0 Å². The summed E-state index contributed by atoms with van der Waals surface area (Å²) in [7, 11) is 0. The Kier molecular flexibility index (Phi) is 46.8. The lowest BCUT2D eigenvalue weighted by molar-refractivity contribution is -0.146. The Labute approximate surface area is 346 Å². The molecule has 0 heterocycles. The minimum Gasteiger partial charge on any atom is -0.481 e. The van der Waals surface area contributed by atoms with Gasteiger partial charge >= 0.3 is 5.97 Å². The molecule has 0 aliphatic carbocycles. The van der Waals surface area contributed by atoms with Gasteiger partial charge in [-0.15, -0.1) is 0 Å². The van der Waals surface area contributed by atoms with Crippen LogP contribution in [0, 0.1) is 5.92 Å². The van der Waals surface area contributed by atoms with Crippen LogP contribution in [0.2, 0.25) is 0 Å². The van der Waals surface area contributed by atoms with Crippen molar-refractivity contribution in [3.63, 3.8) is 0 Å². The maximum absolute atomic E-state index is 12.7. The fraction of sp³-hybridized carbons (Fsp3) is 0.962. The van der Waals surface area contributed by atoms with Gasteiger partial charge in [-0.3, -0.25) is 9.59 Å². The van der Waals surface area contributed by atoms with Crippen LogP contribution in [0.3, 0.4) is 0 Å². The second-order valence-corrected chi connectivity index (χ2v) is 18.1. The van der Waals surface area contributed by atoms with Gasteiger partial charge in [-0.1, -0.05) is 296 Å². The van der Waals surface area contributed by atoms with Crippen LogP contribution in [0.25, 0.3) is 0 Å². The summed E-state index contributed by atoms with van der Waals surface area (Å²) in [6.45, 7) is 4.59. The molecular weight excluding hydrogens is 673 g/mol. The number of hydrogen-bond acceptors (Lipinski definition) is 2. The predicted molar refractivity (Wildman–Crippen MR) is 244 cm³/mol. The van der Waals surface area contributed by atoms with E-state index in [1.54, 1.807) is 0 Å². The minimum absolute atomic E-state index is 0.0282. The normalized spacial score (nSPS) is 12.1. The molecule has 0 aliphatic heterocycles. The lowest BCUT2D eigenvalue weighted by Crippen LogP contribution is -2.23. The minimum atomic E-state index is -0.900. The highest BCUT2D eigenvalue weighted by Gasteiger charge is 2.24. The molecule has 3 nitrogen and oxygen atoms in total. The van der Waals surface area contributed by atoms with Crippen molar-refractivity contribution in [3.8, 4) is 0 Å². The Hall–Kier alpha value is -0.860. The highest BCUT2D eigenvalue weighted by atomic mass is 16.4. The zero-order valence-corrected chi connectivity index (χ0v) is 38.1. The van der Waals surface area contributed by atoms with Crippen molar-refractivity contribution < 1.29 is 14.7 Å². The SMILES string of the molecule is CCCCCCCCCCCCCCCCCCCCCCCCCC(=O)C(CCCCCCCCCCCCCCCCCCCCCCCC)C(=O)O. The fourth-order valence-corrected chi connectivity index (χ4v) is 8.64. The average Bonchev–Trinajstić information content (AvgIpc) is 3.18. The van der Waals surface area contributed by atoms with Crippen molar-refractivity contribution in [2.75, 3.05) is 0 Å². The van der Waals surface area contributed by atoms with E-state index < -0.39 is 11.9 Å². The quantitative estimate of drug-likeness (QED) is 0.0495. The van der Waals surface area contributed by atoms with E-state index in [2.05, 4.69) is 13.8 Å². The van der Waals surface area contributed by atoms with Crippen LogP contribution < -0.4 is 0 Å². The summed E-state index contributed by atoms with van der Waals surface area (Å²) in [5, 5.41) is 9.68. The summed E-state index contributed by atoms with van der Waals surface area (Å²) in [4.78, 5) is 24.5. The third-order valence-electron chi connectivity index (χ3n) is 12.6. The average molecular weight is 775 g/mol. The second kappa shape index (κ2) is 47.5. The number of ketones is 1. The van der Waals surface area contributed by atoms with E-state index in [1.807, 2.05) is 0 Å². The smallest absolute Gasteiger partial charge is 0.314 e. The first kappa shape index (κ1) is 54.1. The van der Waals surface area contributed by atoms with E-state index in [9.17, 15) is 14.7 Å². The van der Waals surface area contributed by atoms with Crippen LogP contribution in [-0.2, 0) is 9.59 Å². The van der Waals surface area contributed by atoms with Crippen LogP contribution in [0.1, 0.15) is 316 Å². The van der Waals surface area contributed by atoms with E-state index >= 15 is 0 Å². The summed E-state index contributed by atoms with van der Waals surface area (Å²) in [6.07, 6.45) is 62.1. The number of carbonyl (C=O) groups excluding carboxylic acids is 1. The molecule has 0 bridgehead atoms. The molecule has 0 spiro atoms. The van der Waals surface area contributed by atoms with Gasteiger partial charge in [0.05, 0.1) is 0 Å². The Morgan fingerprint density at radius 2 is 0.473 bits per heavy atom. The molecule has 0 saturated carbocycles. The molecule has 0 radical (unpaired) electrons. The molecule has 0 aromatic rings. The van der Waals surface area contributed by atoms with Gasteiger partial charge in [0.1, 0.15) is 11.7 Å². The molecule has 1 unspecified atom stereocenters. The van der Waals surface area contributed by atoms with Crippen molar-refractivity contribution >= 4 is 11.8 Å². The van der Waals surface area contributed by atoms with E-state index in [1.165, 1.54) is 263 Å². The van der Waals surface area contributed by atoms with Crippen molar-refractivity contribution in [1.82, 2.24) is 0 Å². The largest absolute Gasteiger partial charge is 0.481 e. The van der Waals surface area contributed by atoms with Crippen LogP contribution in [0.5, 0.6) is 0 Å². The molecule has 0 rings (SSSR count). The maximum Gasteiger partial charge on any atom is 0.314 e. The molecule has 55 heavy (non-hydrogen) atoms. The van der Waals surface area contributed by atoms with Gasteiger partial charge < -0.3 is 5.11 Å². The molecule has 0 amide bonds. The zero-order valence-electron chi connectivity index (χ0n) is 38.1. The fourth-order valence-electron chi connectivity index (χ4n) is 8.64. The van der Waals surface area contributed by atoms with Crippen LogP contribution in [-0.4, -0.2) is 16.9 Å². The third-order valence-corrected chi connectivity index (χ3v) is 12.6. The first-order chi connectivity index (χ1) is 27.1. The molecule has 1 N–H and O–H groups in total. The summed E-state index contributed by atoms with van der Waals surface area (Å²) in [5.41, 5.74) is 0. The van der Waals surface area contributed by atoms with Gasteiger partial charge in [0.15, 0.2) is 0 Å². The lowest BCUT2D eigenvalue weighted by atomic mass is 9.93. The Bertz CT molecular complexity index is 747. The maximum atomic E-state index is 12.7. The lowest BCUT2D eigenvalue weighted by Gasteiger charge is -2.11. The van der Waals surface area contributed by atoms with Gasteiger partial charge in [0, 0.05) is 6.42 Å². The molecule has 328 valence electrons. The van der Waals surface area contributed by atoms with Crippen LogP contribution in [0.4, 0.5) is 0 Å². The molecule has 0 aromatic carbocycles. The number of hydrogen-bond donors (Lipinski definition) is 1. The van der Waals surface area contributed by atoms with Gasteiger partial charge in [0.25, 0.3) is 0 Å². The van der Waals surface area contributed by atoms with Crippen molar-refractivity contribution in [2.45, 2.75) is 316 Å². The van der Waals surface area contributed by atoms with E-state index in [4.69, 9.17) is 0 Å². The topological polar surface area (TPSA) is 54.4 Å². The van der Waals surface area contributed by atoms with Gasteiger partial charge in [-0.05, 0) is 12.8 Å². The van der Waals surface area contributed by atoms with Crippen LogP contribution in [0.15, 0.2) is 0 Å². The van der Waals surface area contributed by atoms with Crippen molar-refractivity contribution in [1.29, 1.82) is 0 Å². The van der Waals surface area contributed by atoms with E-state index in [-0.39, 0.29) is 5.78 Å². The van der Waals surface area contributed by atoms with Crippen molar-refractivity contribution in [3.05, 3.63) is 0 Å². The van der Waals surface area contributed by atoms with E-state index in [0.717, 1.165) is 25.7 Å². The van der Waals surface area contributed by atoms with Crippen LogP contribution >= 0.6 is 0 Å². The summed E-state index contributed by atoms with van der Waals surface area (Å²) >= 11 is 0. The monoisotopic (exact) mass is 775 g/mol. The van der Waals surface area contributed by atoms with E-state index in [0.29, 0.717) is 12.8 Å². The second-order valence-electron chi connectivity index (χ2n) is 18.1. The first-order valence-electron chi connectivity index (χ1n) is 25.9. The summed E-state index contributed by atoms with van der Waals surface area (Å²) in [5.74, 6) is -1.70.